The molecule has 4 rings (SSSR count). The summed E-state index contributed by atoms with van der Waals surface area (Å²) >= 11 is 0. The molecule has 0 aliphatic heterocycles. The van der Waals surface area contributed by atoms with E-state index in [9.17, 15) is 9.50 Å². The molecule has 2 fully saturated rings. The molecule has 0 radical (unpaired) electrons. The average molecular weight is 485 g/mol. The SMILES string of the molecule is CCC(C)(F)CNc1ncc(-c2ccc(CNC3CCCCC3)cn2)c(NC2CCC(O)CC2)n1. The lowest BCUT2D eigenvalue weighted by atomic mass is 9.93. The molecule has 1 unspecified atom stereocenters. The second-order valence-electron chi connectivity index (χ2n) is 10.5. The molecule has 2 aromatic heterocycles. The zero-order valence-corrected chi connectivity index (χ0v) is 21.2. The molecule has 7 nitrogen and oxygen atoms in total. The minimum atomic E-state index is -1.32. The van der Waals surface area contributed by atoms with Crippen molar-refractivity contribution in [3.05, 3.63) is 30.1 Å². The van der Waals surface area contributed by atoms with Gasteiger partial charge in [-0.1, -0.05) is 32.3 Å². The molecule has 2 aromatic rings. The van der Waals surface area contributed by atoms with E-state index in [1.54, 1.807) is 13.1 Å². The summed E-state index contributed by atoms with van der Waals surface area (Å²) < 4.78 is 14.4. The van der Waals surface area contributed by atoms with E-state index >= 15 is 0 Å². The quantitative estimate of drug-likeness (QED) is 0.367. The molecule has 0 aromatic carbocycles. The van der Waals surface area contributed by atoms with Gasteiger partial charge >= 0.3 is 0 Å². The maximum absolute atomic E-state index is 14.4. The van der Waals surface area contributed by atoms with Crippen LogP contribution in [-0.2, 0) is 6.54 Å². The van der Waals surface area contributed by atoms with E-state index in [2.05, 4.69) is 27.0 Å². The van der Waals surface area contributed by atoms with E-state index < -0.39 is 5.67 Å². The average Bonchev–Trinajstić information content (AvgIpc) is 2.89. The topological polar surface area (TPSA) is 95.0 Å². The van der Waals surface area contributed by atoms with Crippen LogP contribution in [0.1, 0.15) is 83.6 Å². The van der Waals surface area contributed by atoms with Crippen LogP contribution in [0.15, 0.2) is 24.5 Å². The van der Waals surface area contributed by atoms with Crippen molar-refractivity contribution < 1.29 is 9.50 Å². The van der Waals surface area contributed by atoms with Gasteiger partial charge in [0.25, 0.3) is 0 Å². The number of nitrogens with zero attached hydrogens (tertiary/aromatic N) is 3. The molecule has 8 heteroatoms. The number of hydrogen-bond acceptors (Lipinski definition) is 7. The van der Waals surface area contributed by atoms with E-state index in [1.165, 1.54) is 32.1 Å². The van der Waals surface area contributed by atoms with Crippen molar-refractivity contribution in [3.8, 4) is 11.3 Å². The van der Waals surface area contributed by atoms with Gasteiger partial charge in [-0.15, -0.1) is 0 Å². The first-order chi connectivity index (χ1) is 16.9. The normalized spacial score (nSPS) is 23.0. The highest BCUT2D eigenvalue weighted by Gasteiger charge is 2.23. The van der Waals surface area contributed by atoms with E-state index in [0.29, 0.717) is 24.2 Å². The number of hydrogen-bond donors (Lipinski definition) is 4. The van der Waals surface area contributed by atoms with Gasteiger partial charge in [-0.3, -0.25) is 4.98 Å². The van der Waals surface area contributed by atoms with Crippen LogP contribution in [0.2, 0.25) is 0 Å². The lowest BCUT2D eigenvalue weighted by molar-refractivity contribution is 0.126. The van der Waals surface area contributed by atoms with E-state index in [1.807, 2.05) is 19.2 Å². The van der Waals surface area contributed by atoms with Crippen molar-refractivity contribution in [2.24, 2.45) is 0 Å². The molecule has 192 valence electrons. The van der Waals surface area contributed by atoms with E-state index in [0.717, 1.165) is 49.0 Å². The van der Waals surface area contributed by atoms with Gasteiger partial charge in [-0.2, -0.15) is 4.98 Å². The molecular formula is C27H41FN6O. The second kappa shape index (κ2) is 12.1. The highest BCUT2D eigenvalue weighted by molar-refractivity contribution is 5.73. The summed E-state index contributed by atoms with van der Waals surface area (Å²) in [6, 6.07) is 4.97. The van der Waals surface area contributed by atoms with Crippen molar-refractivity contribution in [3.63, 3.8) is 0 Å². The van der Waals surface area contributed by atoms with Gasteiger partial charge in [0.1, 0.15) is 11.5 Å². The Bertz CT molecular complexity index is 924. The van der Waals surface area contributed by atoms with Crippen LogP contribution >= 0.6 is 0 Å². The predicted octanol–water partition coefficient (Wildman–Crippen LogP) is 5.23. The van der Waals surface area contributed by atoms with Crippen LogP contribution in [0.3, 0.4) is 0 Å². The number of aromatic nitrogens is 3. The van der Waals surface area contributed by atoms with Gasteiger partial charge in [-0.05, 0) is 63.5 Å². The summed E-state index contributed by atoms with van der Waals surface area (Å²) in [5.74, 6) is 1.10. The maximum Gasteiger partial charge on any atom is 0.224 e. The highest BCUT2D eigenvalue weighted by Crippen LogP contribution is 2.29. The first-order valence-corrected chi connectivity index (χ1v) is 13.3. The van der Waals surface area contributed by atoms with Crippen LogP contribution in [0.5, 0.6) is 0 Å². The zero-order chi connectivity index (χ0) is 24.7. The zero-order valence-electron chi connectivity index (χ0n) is 21.2. The third kappa shape index (κ3) is 7.58. The number of rotatable bonds is 10. The number of pyridine rings is 1. The molecule has 2 saturated carbocycles. The summed E-state index contributed by atoms with van der Waals surface area (Å²) in [7, 11) is 0. The Hall–Kier alpha value is -2.32. The monoisotopic (exact) mass is 484 g/mol. The Labute approximate surface area is 208 Å². The number of aliphatic hydroxyl groups is 1. The molecule has 0 amide bonds. The number of alkyl halides is 1. The number of nitrogens with one attached hydrogen (secondary N) is 3. The summed E-state index contributed by atoms with van der Waals surface area (Å²) in [4.78, 5) is 13.9. The lowest BCUT2D eigenvalue weighted by Crippen LogP contribution is -2.30. The first kappa shape index (κ1) is 25.8. The number of anilines is 2. The Morgan fingerprint density at radius 2 is 1.77 bits per heavy atom. The summed E-state index contributed by atoms with van der Waals surface area (Å²) in [6.45, 7) is 4.39. The maximum atomic E-state index is 14.4. The van der Waals surface area contributed by atoms with Gasteiger partial charge < -0.3 is 21.1 Å². The first-order valence-electron chi connectivity index (χ1n) is 13.3. The van der Waals surface area contributed by atoms with E-state index in [-0.39, 0.29) is 18.7 Å². The van der Waals surface area contributed by atoms with Gasteiger partial charge in [-0.25, -0.2) is 9.37 Å². The molecule has 0 bridgehead atoms. The second-order valence-corrected chi connectivity index (χ2v) is 10.5. The van der Waals surface area contributed by atoms with Crippen molar-refractivity contribution >= 4 is 11.8 Å². The molecule has 2 aliphatic rings. The standard InChI is InChI=1S/C27H41FN6O/c1-3-27(2,28)18-32-26-31-17-23(25(34-26)33-21-10-12-22(35)13-11-21)24-14-9-19(16-30-24)15-29-20-7-5-4-6-8-20/h9,14,16-17,20-22,29,35H,3-8,10-13,15,18H2,1-2H3,(H2,31,32,33,34). The fourth-order valence-electron chi connectivity index (χ4n) is 4.82. The Kier molecular flexibility index (Phi) is 8.89. The Morgan fingerprint density at radius 3 is 2.46 bits per heavy atom. The predicted molar refractivity (Wildman–Crippen MR) is 139 cm³/mol. The minimum absolute atomic E-state index is 0.152. The van der Waals surface area contributed by atoms with Crippen LogP contribution in [-0.4, -0.2) is 50.5 Å². The lowest BCUT2D eigenvalue weighted by Gasteiger charge is -2.27. The van der Waals surface area contributed by atoms with Crippen LogP contribution in [0.25, 0.3) is 11.3 Å². The van der Waals surface area contributed by atoms with Crippen LogP contribution < -0.4 is 16.0 Å². The third-order valence-electron chi connectivity index (χ3n) is 7.48. The van der Waals surface area contributed by atoms with E-state index in [4.69, 9.17) is 9.97 Å². The summed E-state index contributed by atoms with van der Waals surface area (Å²) in [6.07, 6.45) is 13.7. The number of halogens is 1. The van der Waals surface area contributed by atoms with Crippen molar-refractivity contribution in [2.45, 2.75) is 108 Å². The molecular weight excluding hydrogens is 443 g/mol. The highest BCUT2D eigenvalue weighted by atomic mass is 19.1. The summed E-state index contributed by atoms with van der Waals surface area (Å²) in [5, 5.41) is 20.2. The molecule has 1 atom stereocenters. The molecule has 35 heavy (non-hydrogen) atoms. The molecule has 2 heterocycles. The third-order valence-corrected chi connectivity index (χ3v) is 7.48. The fourth-order valence-corrected chi connectivity index (χ4v) is 4.82. The molecule has 0 spiro atoms. The Morgan fingerprint density at radius 1 is 1.00 bits per heavy atom. The fraction of sp³-hybridized carbons (Fsp3) is 0.667. The van der Waals surface area contributed by atoms with Gasteiger partial charge in [0, 0.05) is 31.0 Å². The van der Waals surface area contributed by atoms with Gasteiger partial charge in [0.05, 0.1) is 23.9 Å². The molecule has 0 saturated heterocycles. The van der Waals surface area contributed by atoms with Crippen LogP contribution in [0, 0.1) is 0 Å². The smallest absolute Gasteiger partial charge is 0.224 e. The Balaban J connectivity index is 1.48. The van der Waals surface area contributed by atoms with Crippen molar-refractivity contribution in [1.82, 2.24) is 20.3 Å². The molecule has 2 aliphatic carbocycles. The van der Waals surface area contributed by atoms with Crippen molar-refractivity contribution in [2.75, 3.05) is 17.2 Å². The minimum Gasteiger partial charge on any atom is -0.393 e. The van der Waals surface area contributed by atoms with Crippen LogP contribution in [0.4, 0.5) is 16.2 Å². The number of aliphatic hydroxyl groups excluding tert-OH is 1. The largest absolute Gasteiger partial charge is 0.393 e. The van der Waals surface area contributed by atoms with Gasteiger partial charge in [0.15, 0.2) is 0 Å². The van der Waals surface area contributed by atoms with Gasteiger partial charge in [0.2, 0.25) is 5.95 Å². The molecule has 4 N–H and O–H groups in total. The summed E-state index contributed by atoms with van der Waals surface area (Å²) in [5.41, 5.74) is 1.47. The van der Waals surface area contributed by atoms with Crippen molar-refractivity contribution in [1.29, 1.82) is 0 Å².